The van der Waals surface area contributed by atoms with Gasteiger partial charge in [0.15, 0.2) is 0 Å². The summed E-state index contributed by atoms with van der Waals surface area (Å²) in [5.74, 6) is 0. The van der Waals surface area contributed by atoms with Crippen LogP contribution in [-0.4, -0.2) is 0 Å². The van der Waals surface area contributed by atoms with Gasteiger partial charge in [-0.25, -0.2) is 0 Å². The lowest BCUT2D eigenvalue weighted by Crippen LogP contribution is -1.87. The summed E-state index contributed by atoms with van der Waals surface area (Å²) in [6.45, 7) is 15.8. The largest absolute Gasteiger partial charge is 0.0953 e. The lowest BCUT2D eigenvalue weighted by Gasteiger charge is -2.07. The first-order valence-electron chi connectivity index (χ1n) is 3.68. The van der Waals surface area contributed by atoms with E-state index in [9.17, 15) is 0 Å². The molecule has 0 heterocycles. The molecule has 0 aliphatic heterocycles. The fourth-order valence-corrected chi connectivity index (χ4v) is 0.677. The molecule has 0 saturated carbocycles. The molecule has 0 aromatic rings. The van der Waals surface area contributed by atoms with E-state index in [4.69, 9.17) is 0 Å². The molecule has 0 rings (SSSR count). The molecule has 0 heteroatoms. The highest BCUT2D eigenvalue weighted by atomic mass is 14.0. The monoisotopic (exact) mass is 136 g/mol. The molecular formula is C10H16. The standard InChI is InChI=1S/C10H16/c1-6-8(3)10(5)9(4)7-2/h3-7H2,1-2H3. The van der Waals surface area contributed by atoms with Gasteiger partial charge in [0.05, 0.1) is 0 Å². The van der Waals surface area contributed by atoms with Crippen LogP contribution in [0.3, 0.4) is 0 Å². The van der Waals surface area contributed by atoms with Crippen LogP contribution in [0.2, 0.25) is 0 Å². The van der Waals surface area contributed by atoms with Gasteiger partial charge >= 0.3 is 0 Å². The van der Waals surface area contributed by atoms with Gasteiger partial charge in [-0.2, -0.15) is 0 Å². The van der Waals surface area contributed by atoms with Crippen LogP contribution in [0.5, 0.6) is 0 Å². The molecule has 0 unspecified atom stereocenters. The number of allylic oxidation sites excluding steroid dienone is 3. The molecule has 0 aromatic heterocycles. The minimum absolute atomic E-state index is 0.970. The predicted molar refractivity (Wildman–Crippen MR) is 48.0 cm³/mol. The third-order valence-electron chi connectivity index (χ3n) is 1.71. The van der Waals surface area contributed by atoms with E-state index in [1.54, 1.807) is 0 Å². The highest BCUT2D eigenvalue weighted by molar-refractivity contribution is 5.41. The van der Waals surface area contributed by atoms with Gasteiger partial charge in [-0.05, 0) is 29.6 Å². The van der Waals surface area contributed by atoms with Crippen LogP contribution in [0.15, 0.2) is 36.5 Å². The Morgan fingerprint density at radius 1 is 0.900 bits per heavy atom. The third kappa shape index (κ3) is 2.22. The Morgan fingerprint density at radius 3 is 1.40 bits per heavy atom. The van der Waals surface area contributed by atoms with Crippen LogP contribution in [0.4, 0.5) is 0 Å². The highest BCUT2D eigenvalue weighted by Gasteiger charge is 1.99. The van der Waals surface area contributed by atoms with Crippen molar-refractivity contribution in [1.29, 1.82) is 0 Å². The quantitative estimate of drug-likeness (QED) is 0.519. The molecule has 0 atom stereocenters. The van der Waals surface area contributed by atoms with Crippen molar-refractivity contribution in [2.45, 2.75) is 26.7 Å². The first kappa shape index (κ1) is 9.22. The van der Waals surface area contributed by atoms with Crippen molar-refractivity contribution < 1.29 is 0 Å². The van der Waals surface area contributed by atoms with Crippen LogP contribution in [0.25, 0.3) is 0 Å². The van der Waals surface area contributed by atoms with Crippen LogP contribution >= 0.6 is 0 Å². The predicted octanol–water partition coefficient (Wildman–Crippen LogP) is 3.48. The summed E-state index contributed by atoms with van der Waals surface area (Å²) in [5.41, 5.74) is 3.24. The van der Waals surface area contributed by atoms with E-state index >= 15 is 0 Å². The fraction of sp³-hybridized carbons (Fsp3) is 0.400. The Morgan fingerprint density at radius 2 is 1.20 bits per heavy atom. The maximum atomic E-state index is 3.90. The van der Waals surface area contributed by atoms with Gasteiger partial charge in [0.1, 0.15) is 0 Å². The lowest BCUT2D eigenvalue weighted by molar-refractivity contribution is 1.07. The van der Waals surface area contributed by atoms with Crippen LogP contribution < -0.4 is 0 Å². The van der Waals surface area contributed by atoms with Crippen molar-refractivity contribution in [3.05, 3.63) is 36.5 Å². The van der Waals surface area contributed by atoms with E-state index in [2.05, 4.69) is 33.6 Å². The Labute approximate surface area is 64.0 Å². The normalized spacial score (nSPS) is 9.00. The summed E-state index contributed by atoms with van der Waals surface area (Å²) in [6, 6.07) is 0. The molecule has 0 nitrogen and oxygen atoms in total. The number of hydrogen-bond donors (Lipinski definition) is 0. The maximum Gasteiger partial charge on any atom is -0.0276 e. The SMILES string of the molecule is C=C(CC)C(=C)C(=C)CC. The van der Waals surface area contributed by atoms with Gasteiger partial charge in [-0.3, -0.25) is 0 Å². The van der Waals surface area contributed by atoms with E-state index in [0.29, 0.717) is 0 Å². The van der Waals surface area contributed by atoms with E-state index in [1.165, 1.54) is 0 Å². The molecule has 56 valence electrons. The lowest BCUT2D eigenvalue weighted by atomic mass is 9.99. The minimum Gasteiger partial charge on any atom is -0.0953 e. The zero-order valence-electron chi connectivity index (χ0n) is 7.04. The first-order chi connectivity index (χ1) is 4.63. The Kier molecular flexibility index (Phi) is 3.78. The van der Waals surface area contributed by atoms with Crippen molar-refractivity contribution in [3.8, 4) is 0 Å². The minimum atomic E-state index is 0.970. The smallest absolute Gasteiger partial charge is 0.0276 e. The van der Waals surface area contributed by atoms with Crippen LogP contribution in [0, 0.1) is 0 Å². The van der Waals surface area contributed by atoms with E-state index in [1.807, 2.05) is 0 Å². The van der Waals surface area contributed by atoms with Crippen molar-refractivity contribution >= 4 is 0 Å². The molecule has 0 amide bonds. The average Bonchev–Trinajstić information content (AvgIpc) is 2.00. The second-order valence-electron chi connectivity index (χ2n) is 2.39. The summed E-state index contributed by atoms with van der Waals surface area (Å²) in [6.07, 6.45) is 1.94. The van der Waals surface area contributed by atoms with Crippen LogP contribution in [-0.2, 0) is 0 Å². The molecule has 0 bridgehead atoms. The number of hydrogen-bond acceptors (Lipinski definition) is 0. The Hall–Kier alpha value is -0.780. The molecule has 0 aliphatic carbocycles. The molecule has 0 saturated heterocycles. The zero-order valence-corrected chi connectivity index (χ0v) is 7.04. The maximum absolute atomic E-state index is 3.90. The average molecular weight is 136 g/mol. The second-order valence-corrected chi connectivity index (χ2v) is 2.39. The first-order valence-corrected chi connectivity index (χ1v) is 3.68. The summed E-state index contributed by atoms with van der Waals surface area (Å²) in [4.78, 5) is 0. The molecule has 10 heavy (non-hydrogen) atoms. The summed E-state index contributed by atoms with van der Waals surface area (Å²) in [5, 5.41) is 0. The molecule has 0 fully saturated rings. The van der Waals surface area contributed by atoms with Crippen molar-refractivity contribution in [1.82, 2.24) is 0 Å². The van der Waals surface area contributed by atoms with Gasteiger partial charge in [-0.1, -0.05) is 33.6 Å². The zero-order chi connectivity index (χ0) is 8.15. The van der Waals surface area contributed by atoms with Crippen LogP contribution in [0.1, 0.15) is 26.7 Å². The van der Waals surface area contributed by atoms with Gasteiger partial charge in [0, 0.05) is 0 Å². The van der Waals surface area contributed by atoms with E-state index in [0.717, 1.165) is 29.6 Å². The molecule has 0 spiro atoms. The van der Waals surface area contributed by atoms with Gasteiger partial charge < -0.3 is 0 Å². The van der Waals surface area contributed by atoms with E-state index < -0.39 is 0 Å². The summed E-state index contributed by atoms with van der Waals surface area (Å²) < 4.78 is 0. The molecule has 0 radical (unpaired) electrons. The highest BCUT2D eigenvalue weighted by Crippen LogP contribution is 2.18. The fourth-order valence-electron chi connectivity index (χ4n) is 0.677. The Bertz CT molecular complexity index is 143. The third-order valence-corrected chi connectivity index (χ3v) is 1.71. The molecule has 0 aliphatic rings. The van der Waals surface area contributed by atoms with Crippen molar-refractivity contribution in [2.75, 3.05) is 0 Å². The van der Waals surface area contributed by atoms with Crippen molar-refractivity contribution in [3.63, 3.8) is 0 Å². The van der Waals surface area contributed by atoms with Crippen molar-refractivity contribution in [2.24, 2.45) is 0 Å². The molecule has 0 N–H and O–H groups in total. The van der Waals surface area contributed by atoms with Gasteiger partial charge in [0.25, 0.3) is 0 Å². The topological polar surface area (TPSA) is 0 Å². The van der Waals surface area contributed by atoms with Gasteiger partial charge in [0.2, 0.25) is 0 Å². The second kappa shape index (κ2) is 4.10. The number of rotatable bonds is 4. The Balaban J connectivity index is 4.09. The van der Waals surface area contributed by atoms with E-state index in [-0.39, 0.29) is 0 Å². The summed E-state index contributed by atoms with van der Waals surface area (Å²) >= 11 is 0. The molecular weight excluding hydrogens is 120 g/mol. The molecule has 0 aromatic carbocycles. The summed E-state index contributed by atoms with van der Waals surface area (Å²) in [7, 11) is 0. The van der Waals surface area contributed by atoms with Gasteiger partial charge in [-0.15, -0.1) is 0 Å².